The molecule has 0 saturated carbocycles. The van der Waals surface area contributed by atoms with Crippen molar-refractivity contribution in [2.75, 3.05) is 5.32 Å². The largest absolute Gasteiger partial charge is 0.477 e. The summed E-state index contributed by atoms with van der Waals surface area (Å²) in [5.74, 6) is -0.904. The lowest BCUT2D eigenvalue weighted by Crippen LogP contribution is -1.98. The normalized spacial score (nSPS) is 10.6. The molecule has 0 aliphatic rings. The van der Waals surface area contributed by atoms with Gasteiger partial charge in [-0.2, -0.15) is 0 Å². The lowest BCUT2D eigenvalue weighted by molar-refractivity contribution is 0.0700. The van der Waals surface area contributed by atoms with Crippen LogP contribution in [-0.4, -0.2) is 16.1 Å². The predicted molar refractivity (Wildman–Crippen MR) is 90.2 cm³/mol. The first-order valence-corrected chi connectivity index (χ1v) is 8.17. The second kappa shape index (κ2) is 6.53. The molecule has 0 radical (unpaired) electrons. The van der Waals surface area contributed by atoms with Crippen LogP contribution in [0.15, 0.2) is 18.2 Å². The van der Waals surface area contributed by atoms with Gasteiger partial charge in [0.1, 0.15) is 4.88 Å². The molecule has 2 N–H and O–H groups in total. The van der Waals surface area contributed by atoms with E-state index in [1.165, 1.54) is 14.9 Å². The molecule has 0 amide bonds. The summed E-state index contributed by atoms with van der Waals surface area (Å²) < 4.78 is 1.17. The number of hydrogen-bond donors (Lipinski definition) is 2. The monoisotopic (exact) mass is 402 g/mol. The Kier molecular flexibility index (Phi) is 4.98. The van der Waals surface area contributed by atoms with Crippen molar-refractivity contribution in [2.24, 2.45) is 0 Å². The quantitative estimate of drug-likeness (QED) is 0.726. The van der Waals surface area contributed by atoms with Gasteiger partial charge in [-0.25, -0.2) is 9.78 Å². The second-order valence-electron chi connectivity index (χ2n) is 4.43. The van der Waals surface area contributed by atoms with Crippen LogP contribution in [0.25, 0.3) is 0 Å². The third-order valence-electron chi connectivity index (χ3n) is 2.81. The van der Waals surface area contributed by atoms with Gasteiger partial charge in [0, 0.05) is 9.26 Å². The molecule has 4 nitrogen and oxygen atoms in total. The summed E-state index contributed by atoms with van der Waals surface area (Å²) in [5, 5.41) is 13.1. The lowest BCUT2D eigenvalue weighted by atomic mass is 10.2. The Morgan fingerprint density at radius 3 is 2.85 bits per heavy atom. The summed E-state index contributed by atoms with van der Waals surface area (Å²) >= 11 is 3.46. The van der Waals surface area contributed by atoms with E-state index in [1.807, 2.05) is 26.0 Å². The molecule has 106 valence electrons. The zero-order chi connectivity index (χ0) is 14.7. The predicted octanol–water partition coefficient (Wildman–Crippen LogP) is 4.45. The van der Waals surface area contributed by atoms with Crippen LogP contribution < -0.4 is 5.32 Å². The summed E-state index contributed by atoms with van der Waals surface area (Å²) in [5.41, 5.74) is 2.73. The Bertz CT molecular complexity index is 640. The van der Waals surface area contributed by atoms with Gasteiger partial charge in [0.15, 0.2) is 5.13 Å². The molecular weight excluding hydrogens is 387 g/mol. The number of thiazole rings is 1. The molecule has 1 heterocycles. The maximum Gasteiger partial charge on any atom is 0.347 e. The van der Waals surface area contributed by atoms with Gasteiger partial charge < -0.3 is 10.4 Å². The van der Waals surface area contributed by atoms with Crippen molar-refractivity contribution >= 4 is 50.7 Å². The highest BCUT2D eigenvalue weighted by Gasteiger charge is 2.17. The van der Waals surface area contributed by atoms with E-state index in [1.54, 1.807) is 0 Å². The molecule has 0 aliphatic heterocycles. The van der Waals surface area contributed by atoms with E-state index in [0.717, 1.165) is 17.7 Å². The second-order valence-corrected chi connectivity index (χ2v) is 6.68. The lowest BCUT2D eigenvalue weighted by Gasteiger charge is -2.06. The molecule has 0 fully saturated rings. The molecule has 0 spiro atoms. The number of carbonyl (C=O) groups is 1. The van der Waals surface area contributed by atoms with Crippen molar-refractivity contribution in [1.82, 2.24) is 4.98 Å². The Labute approximate surface area is 135 Å². The number of aryl methyl sites for hydroxylation is 2. The standard InChI is InChI=1S/C14H15IN2O2S/c1-3-4-11-12(13(18)19)20-14(17-11)16-10-6-5-9(15)7-8(10)2/h5-7H,3-4H2,1-2H3,(H,16,17)(H,18,19). The van der Waals surface area contributed by atoms with E-state index >= 15 is 0 Å². The van der Waals surface area contributed by atoms with Gasteiger partial charge in [-0.15, -0.1) is 0 Å². The fourth-order valence-electron chi connectivity index (χ4n) is 1.86. The first-order chi connectivity index (χ1) is 9.51. The average molecular weight is 402 g/mol. The fraction of sp³-hybridized carbons (Fsp3) is 0.286. The number of nitrogens with zero attached hydrogens (tertiary/aromatic N) is 1. The average Bonchev–Trinajstić information content (AvgIpc) is 2.76. The summed E-state index contributed by atoms with van der Waals surface area (Å²) in [6.45, 7) is 4.03. The highest BCUT2D eigenvalue weighted by molar-refractivity contribution is 14.1. The van der Waals surface area contributed by atoms with E-state index in [0.29, 0.717) is 22.1 Å². The topological polar surface area (TPSA) is 62.2 Å². The number of carboxylic acid groups (broad SMARTS) is 1. The summed E-state index contributed by atoms with van der Waals surface area (Å²) in [6, 6.07) is 6.06. The molecule has 0 aliphatic carbocycles. The van der Waals surface area contributed by atoms with Crippen molar-refractivity contribution in [3.63, 3.8) is 0 Å². The van der Waals surface area contributed by atoms with Gasteiger partial charge in [-0.3, -0.25) is 0 Å². The van der Waals surface area contributed by atoms with Gasteiger partial charge in [-0.1, -0.05) is 24.7 Å². The molecule has 0 saturated heterocycles. The van der Waals surface area contributed by atoms with Gasteiger partial charge >= 0.3 is 5.97 Å². The first kappa shape index (κ1) is 15.2. The minimum atomic E-state index is -0.904. The zero-order valence-corrected chi connectivity index (χ0v) is 14.2. The smallest absolute Gasteiger partial charge is 0.347 e. The van der Waals surface area contributed by atoms with E-state index in [2.05, 4.69) is 39.0 Å². The molecule has 0 bridgehead atoms. The maximum atomic E-state index is 11.2. The van der Waals surface area contributed by atoms with Crippen molar-refractivity contribution in [1.29, 1.82) is 0 Å². The number of halogens is 1. The van der Waals surface area contributed by atoms with Crippen molar-refractivity contribution in [3.8, 4) is 0 Å². The van der Waals surface area contributed by atoms with Gasteiger partial charge in [0.05, 0.1) is 5.69 Å². The molecule has 6 heteroatoms. The first-order valence-electron chi connectivity index (χ1n) is 6.27. The van der Waals surface area contributed by atoms with E-state index in [4.69, 9.17) is 0 Å². The molecule has 1 aromatic heterocycles. The number of rotatable bonds is 5. The van der Waals surface area contributed by atoms with Crippen molar-refractivity contribution in [2.45, 2.75) is 26.7 Å². The van der Waals surface area contributed by atoms with E-state index in [-0.39, 0.29) is 0 Å². The third-order valence-corrected chi connectivity index (χ3v) is 4.48. The van der Waals surface area contributed by atoms with Crippen LogP contribution in [0.1, 0.15) is 34.3 Å². The number of carboxylic acids is 1. The van der Waals surface area contributed by atoms with Gasteiger partial charge in [-0.05, 0) is 59.7 Å². The highest BCUT2D eigenvalue weighted by atomic mass is 127. The minimum Gasteiger partial charge on any atom is -0.477 e. The summed E-state index contributed by atoms with van der Waals surface area (Å²) in [6.07, 6.45) is 1.57. The van der Waals surface area contributed by atoms with Gasteiger partial charge in [0.25, 0.3) is 0 Å². The zero-order valence-electron chi connectivity index (χ0n) is 11.2. The maximum absolute atomic E-state index is 11.2. The fourth-order valence-corrected chi connectivity index (χ4v) is 3.37. The number of aromatic nitrogens is 1. The number of anilines is 2. The van der Waals surface area contributed by atoms with Crippen LogP contribution in [0, 0.1) is 10.5 Å². The Balaban J connectivity index is 2.29. The molecule has 2 rings (SSSR count). The Morgan fingerprint density at radius 1 is 1.50 bits per heavy atom. The van der Waals surface area contributed by atoms with Crippen LogP contribution in [0.3, 0.4) is 0 Å². The van der Waals surface area contributed by atoms with E-state index in [9.17, 15) is 9.90 Å². The van der Waals surface area contributed by atoms with Crippen LogP contribution in [0.5, 0.6) is 0 Å². The van der Waals surface area contributed by atoms with E-state index < -0.39 is 5.97 Å². The highest BCUT2D eigenvalue weighted by Crippen LogP contribution is 2.28. The van der Waals surface area contributed by atoms with Crippen molar-refractivity contribution < 1.29 is 9.90 Å². The molecule has 0 atom stereocenters. The Morgan fingerprint density at radius 2 is 2.25 bits per heavy atom. The van der Waals surface area contributed by atoms with Crippen LogP contribution >= 0.6 is 33.9 Å². The molecule has 1 aromatic carbocycles. The summed E-state index contributed by atoms with van der Waals surface area (Å²) in [4.78, 5) is 16.0. The minimum absolute atomic E-state index is 0.331. The summed E-state index contributed by atoms with van der Waals surface area (Å²) in [7, 11) is 0. The third kappa shape index (κ3) is 3.49. The molecule has 0 unspecified atom stereocenters. The van der Waals surface area contributed by atoms with Crippen LogP contribution in [0.2, 0.25) is 0 Å². The molecular formula is C14H15IN2O2S. The Hall–Kier alpha value is -1.15. The number of aromatic carboxylic acids is 1. The van der Waals surface area contributed by atoms with Crippen LogP contribution in [0.4, 0.5) is 10.8 Å². The van der Waals surface area contributed by atoms with Crippen molar-refractivity contribution in [3.05, 3.63) is 37.9 Å². The SMILES string of the molecule is CCCc1nc(Nc2ccc(I)cc2C)sc1C(=O)O. The number of hydrogen-bond acceptors (Lipinski definition) is 4. The van der Waals surface area contributed by atoms with Crippen LogP contribution in [-0.2, 0) is 6.42 Å². The number of nitrogens with one attached hydrogen (secondary N) is 1. The number of benzene rings is 1. The molecule has 2 aromatic rings. The van der Waals surface area contributed by atoms with Gasteiger partial charge in [0.2, 0.25) is 0 Å². The molecule has 20 heavy (non-hydrogen) atoms.